The van der Waals surface area contributed by atoms with Crippen molar-refractivity contribution in [1.82, 2.24) is 10.1 Å². The van der Waals surface area contributed by atoms with E-state index in [1.54, 1.807) is 0 Å². The van der Waals surface area contributed by atoms with E-state index in [0.29, 0.717) is 0 Å². The molecule has 0 unspecified atom stereocenters. The Balaban J connectivity index is 2.46. The van der Waals surface area contributed by atoms with Crippen molar-refractivity contribution >= 4 is 39.3 Å². The molecule has 1 aromatic heterocycles. The molecule has 0 spiro atoms. The average Bonchev–Trinajstić information content (AvgIpc) is 2.48. The van der Waals surface area contributed by atoms with Crippen LogP contribution in [0.4, 0.5) is 0 Å². The fourth-order valence-electron chi connectivity index (χ4n) is 2.66. The number of hydrogen-bond donors (Lipinski definition) is 0. The zero-order chi connectivity index (χ0) is 11.9. The first-order chi connectivity index (χ1) is 8.95. The number of benzene rings is 3. The van der Waals surface area contributed by atoms with Crippen molar-refractivity contribution in [2.24, 2.45) is 0 Å². The van der Waals surface area contributed by atoms with Gasteiger partial charge in [-0.25, -0.2) is 0 Å². The first kappa shape index (κ1) is 9.72. The van der Waals surface area contributed by atoms with Crippen molar-refractivity contribution in [1.29, 1.82) is 0 Å². The van der Waals surface area contributed by atoms with Crippen molar-refractivity contribution in [2.45, 2.75) is 0 Å². The van der Waals surface area contributed by atoms with Gasteiger partial charge in [-0.3, -0.25) is 0 Å². The molecule has 18 heavy (non-hydrogen) atoms. The Hall–Kier alpha value is -2.29. The van der Waals surface area contributed by atoms with Crippen LogP contribution in [0.1, 0.15) is 0 Å². The summed E-state index contributed by atoms with van der Waals surface area (Å²) in [6, 6.07) is 16.9. The Bertz CT molecular complexity index is 666. The van der Waals surface area contributed by atoms with Gasteiger partial charge in [0.15, 0.2) is 0 Å². The SMILES string of the molecule is b1nncc2c1c1ccccc1c1ccccc21. The molecule has 0 amide bonds. The molecule has 4 aromatic rings. The Morgan fingerprint density at radius 3 is 1.94 bits per heavy atom. The molecule has 4 rings (SSSR count). The molecule has 0 saturated heterocycles. The summed E-state index contributed by atoms with van der Waals surface area (Å²) in [6.07, 6.45) is 1.85. The van der Waals surface area contributed by atoms with Gasteiger partial charge in [-0.1, -0.05) is 0 Å². The van der Waals surface area contributed by atoms with Crippen LogP contribution in [0.5, 0.6) is 0 Å². The number of rotatable bonds is 0. The number of hydrogen-bond acceptors (Lipinski definition) is 2. The molecule has 2 nitrogen and oxygen atoms in total. The van der Waals surface area contributed by atoms with Crippen LogP contribution in [0, 0.1) is 0 Å². The van der Waals surface area contributed by atoms with Gasteiger partial charge in [-0.2, -0.15) is 0 Å². The molecule has 82 valence electrons. The van der Waals surface area contributed by atoms with Gasteiger partial charge in [-0.05, 0) is 0 Å². The second-order valence-electron chi connectivity index (χ2n) is 4.41. The Labute approximate surface area is 105 Å². The molecular weight excluding hydrogens is 219 g/mol. The second kappa shape index (κ2) is 3.60. The van der Waals surface area contributed by atoms with Gasteiger partial charge in [-0.15, -0.1) is 0 Å². The van der Waals surface area contributed by atoms with Gasteiger partial charge in [0.1, 0.15) is 0 Å². The summed E-state index contributed by atoms with van der Waals surface area (Å²) in [6.45, 7) is 0. The third kappa shape index (κ3) is 1.22. The van der Waals surface area contributed by atoms with Gasteiger partial charge in [0.2, 0.25) is 0 Å². The van der Waals surface area contributed by atoms with E-state index in [-0.39, 0.29) is 0 Å². The van der Waals surface area contributed by atoms with Crippen molar-refractivity contribution in [3.05, 3.63) is 54.7 Å². The number of fused-ring (bicyclic) bond motifs is 6. The van der Waals surface area contributed by atoms with E-state index < -0.39 is 0 Å². The fourth-order valence-corrected chi connectivity index (χ4v) is 2.66. The third-order valence-electron chi connectivity index (χ3n) is 3.46. The van der Waals surface area contributed by atoms with Gasteiger partial charge in [0, 0.05) is 0 Å². The van der Waals surface area contributed by atoms with Crippen LogP contribution < -0.4 is 0 Å². The monoisotopic (exact) mass is 228 g/mol. The van der Waals surface area contributed by atoms with Crippen LogP contribution in [0.3, 0.4) is 0 Å². The molecule has 0 aliphatic rings. The molecule has 0 radical (unpaired) electrons. The third-order valence-corrected chi connectivity index (χ3v) is 3.46. The molecule has 1 heterocycles. The second-order valence-corrected chi connectivity index (χ2v) is 4.41. The summed E-state index contributed by atoms with van der Waals surface area (Å²) in [5, 5.41) is 15.4. The van der Waals surface area contributed by atoms with E-state index in [1.807, 2.05) is 13.2 Å². The predicted octanol–water partition coefficient (Wildman–Crippen LogP) is 3.27. The van der Waals surface area contributed by atoms with Crippen LogP contribution >= 0.6 is 0 Å². The molecule has 0 saturated carbocycles. The molecular formula is C15H9BN2. The molecule has 0 aliphatic heterocycles. The summed E-state index contributed by atoms with van der Waals surface area (Å²) >= 11 is 0. The number of aromatic nitrogens is 2. The quantitative estimate of drug-likeness (QED) is 0.431. The van der Waals surface area contributed by atoms with Crippen LogP contribution in [-0.2, 0) is 0 Å². The van der Waals surface area contributed by atoms with Crippen LogP contribution in [0.25, 0.3) is 32.2 Å². The first-order valence-corrected chi connectivity index (χ1v) is 5.95. The van der Waals surface area contributed by atoms with Gasteiger partial charge >= 0.3 is 104 Å². The first-order valence-electron chi connectivity index (χ1n) is 5.95. The van der Waals surface area contributed by atoms with Crippen LogP contribution in [0.15, 0.2) is 54.7 Å². The zero-order valence-electron chi connectivity index (χ0n) is 9.67. The average molecular weight is 228 g/mol. The van der Waals surface area contributed by atoms with E-state index in [2.05, 4.69) is 58.6 Å². The molecule has 0 bridgehead atoms. The summed E-state index contributed by atoms with van der Waals surface area (Å²) in [5.41, 5.74) is 0. The normalized spacial score (nSPS) is 11.1. The molecule has 3 aromatic carbocycles. The van der Waals surface area contributed by atoms with E-state index in [0.717, 1.165) is 0 Å². The maximum atomic E-state index is 4.02. The summed E-state index contributed by atoms with van der Waals surface area (Å²) in [4.78, 5) is 0. The predicted molar refractivity (Wildman–Crippen MR) is 75.9 cm³/mol. The molecule has 0 fully saturated rings. The van der Waals surface area contributed by atoms with Crippen molar-refractivity contribution in [3.63, 3.8) is 0 Å². The van der Waals surface area contributed by atoms with Crippen LogP contribution in [0.2, 0.25) is 0 Å². The molecule has 0 N–H and O–H groups in total. The zero-order valence-corrected chi connectivity index (χ0v) is 9.67. The van der Waals surface area contributed by atoms with Crippen LogP contribution in [-0.4, -0.2) is 17.2 Å². The summed E-state index contributed by atoms with van der Waals surface area (Å²) < 4.78 is 0. The summed E-state index contributed by atoms with van der Waals surface area (Å²) in [7, 11) is 1.85. The van der Waals surface area contributed by atoms with E-state index >= 15 is 0 Å². The van der Waals surface area contributed by atoms with Crippen molar-refractivity contribution in [2.75, 3.05) is 0 Å². The van der Waals surface area contributed by atoms with Crippen molar-refractivity contribution < 1.29 is 0 Å². The Morgan fingerprint density at radius 2 is 1.22 bits per heavy atom. The number of nitrogens with zero attached hydrogens (tertiary/aromatic N) is 2. The van der Waals surface area contributed by atoms with Crippen molar-refractivity contribution in [3.8, 4) is 0 Å². The topological polar surface area (TPSA) is 25.8 Å². The molecule has 0 aliphatic carbocycles. The standard InChI is InChI=1S/C15H9BN2/c1-2-7-12-10(5-1)11-6-3-4-8-13(11)15-14(12)9-17-18-16-15/h1-9H. The maximum absolute atomic E-state index is 4.02. The Morgan fingerprint density at radius 1 is 0.667 bits per heavy atom. The van der Waals surface area contributed by atoms with E-state index in [1.165, 1.54) is 32.2 Å². The van der Waals surface area contributed by atoms with E-state index in [9.17, 15) is 0 Å². The van der Waals surface area contributed by atoms with E-state index in [4.69, 9.17) is 0 Å². The minimum atomic E-state index is 1.17. The molecule has 0 atom stereocenters. The summed E-state index contributed by atoms with van der Waals surface area (Å²) in [5.74, 6) is 0. The fraction of sp³-hybridized carbons (Fsp3) is 0. The van der Waals surface area contributed by atoms with Gasteiger partial charge in [0.25, 0.3) is 0 Å². The minimum absolute atomic E-state index is 1.17. The van der Waals surface area contributed by atoms with Gasteiger partial charge < -0.3 is 0 Å². The Kier molecular flexibility index (Phi) is 1.94. The molecule has 3 heteroatoms. The van der Waals surface area contributed by atoms with Gasteiger partial charge in [0.05, 0.1) is 0 Å².